The molecule has 0 radical (unpaired) electrons. The van der Waals surface area contributed by atoms with Crippen molar-refractivity contribution in [3.63, 3.8) is 0 Å². The lowest BCUT2D eigenvalue weighted by Gasteiger charge is -2.42. The van der Waals surface area contributed by atoms with Crippen molar-refractivity contribution in [2.45, 2.75) is 31.7 Å². The highest BCUT2D eigenvalue weighted by atomic mass is 16.5. The molecule has 19 heavy (non-hydrogen) atoms. The minimum absolute atomic E-state index is 0.00318. The Kier molecular flexibility index (Phi) is 4.97. The van der Waals surface area contributed by atoms with Crippen LogP contribution in [0, 0.1) is 0 Å². The first-order chi connectivity index (χ1) is 9.25. The van der Waals surface area contributed by atoms with Crippen LogP contribution < -0.4 is 5.73 Å². The summed E-state index contributed by atoms with van der Waals surface area (Å²) in [6.07, 6.45) is 3.26. The number of benzene rings is 1. The van der Waals surface area contributed by atoms with E-state index in [1.165, 1.54) is 11.1 Å². The average Bonchev–Trinajstić information content (AvgIpc) is 2.68. The van der Waals surface area contributed by atoms with E-state index in [9.17, 15) is 0 Å². The quantitative estimate of drug-likeness (QED) is 0.880. The molecule has 2 rings (SSSR count). The van der Waals surface area contributed by atoms with E-state index in [0.29, 0.717) is 6.54 Å². The molecular formula is C16H26N2O. The van der Waals surface area contributed by atoms with Gasteiger partial charge < -0.3 is 10.5 Å². The Labute approximate surface area is 116 Å². The maximum absolute atomic E-state index is 6.07. The molecule has 2 N–H and O–H groups in total. The van der Waals surface area contributed by atoms with Crippen LogP contribution >= 0.6 is 0 Å². The van der Waals surface area contributed by atoms with Gasteiger partial charge in [0.15, 0.2) is 0 Å². The molecule has 0 bridgehead atoms. The predicted molar refractivity (Wildman–Crippen MR) is 79.4 cm³/mol. The SMILES string of the molecule is CCC(CN)(COC)N1CCc2ccccc2CC1. The molecule has 0 amide bonds. The number of nitrogens with zero attached hydrogens (tertiary/aromatic N) is 1. The van der Waals surface area contributed by atoms with E-state index in [2.05, 4.69) is 36.1 Å². The number of methoxy groups -OCH3 is 1. The number of rotatable bonds is 5. The van der Waals surface area contributed by atoms with E-state index in [1.807, 2.05) is 0 Å². The molecule has 1 aliphatic heterocycles. The largest absolute Gasteiger partial charge is 0.383 e. The Morgan fingerprint density at radius 2 is 1.79 bits per heavy atom. The molecule has 0 aromatic heterocycles. The third-order valence-electron chi connectivity index (χ3n) is 4.54. The predicted octanol–water partition coefficient (Wildman–Crippen LogP) is 1.84. The number of hydrogen-bond donors (Lipinski definition) is 1. The van der Waals surface area contributed by atoms with Crippen molar-refractivity contribution in [2.75, 3.05) is 33.4 Å². The molecule has 1 unspecified atom stereocenters. The Bertz CT molecular complexity index is 374. The van der Waals surface area contributed by atoms with Gasteiger partial charge >= 0.3 is 0 Å². The maximum atomic E-state index is 6.07. The monoisotopic (exact) mass is 262 g/mol. The molecule has 106 valence electrons. The fraction of sp³-hybridized carbons (Fsp3) is 0.625. The summed E-state index contributed by atoms with van der Waals surface area (Å²) in [5.74, 6) is 0. The van der Waals surface area contributed by atoms with Gasteiger partial charge in [-0.15, -0.1) is 0 Å². The average molecular weight is 262 g/mol. The van der Waals surface area contributed by atoms with Gasteiger partial charge in [0.1, 0.15) is 0 Å². The van der Waals surface area contributed by atoms with Crippen molar-refractivity contribution < 1.29 is 4.74 Å². The minimum atomic E-state index is -0.00318. The first-order valence-electron chi connectivity index (χ1n) is 7.26. The molecule has 0 saturated heterocycles. The van der Waals surface area contributed by atoms with Gasteiger partial charge in [0.2, 0.25) is 0 Å². The van der Waals surface area contributed by atoms with Crippen molar-refractivity contribution in [3.05, 3.63) is 35.4 Å². The van der Waals surface area contributed by atoms with Gasteiger partial charge in [0.05, 0.1) is 12.1 Å². The van der Waals surface area contributed by atoms with E-state index >= 15 is 0 Å². The lowest BCUT2D eigenvalue weighted by Crippen LogP contribution is -2.57. The fourth-order valence-corrected chi connectivity index (χ4v) is 3.16. The second-order valence-corrected chi connectivity index (χ2v) is 5.47. The lowest BCUT2D eigenvalue weighted by molar-refractivity contribution is 0.0142. The zero-order chi connectivity index (χ0) is 13.7. The molecule has 1 heterocycles. The molecule has 3 heteroatoms. The lowest BCUT2D eigenvalue weighted by atomic mass is 9.94. The summed E-state index contributed by atoms with van der Waals surface area (Å²) in [5.41, 5.74) is 9.05. The van der Waals surface area contributed by atoms with E-state index in [0.717, 1.165) is 39.0 Å². The van der Waals surface area contributed by atoms with E-state index in [-0.39, 0.29) is 5.54 Å². The smallest absolute Gasteiger partial charge is 0.0658 e. The molecule has 1 aliphatic rings. The zero-order valence-corrected chi connectivity index (χ0v) is 12.2. The molecule has 1 aromatic carbocycles. The number of nitrogens with two attached hydrogens (primary N) is 1. The standard InChI is InChI=1S/C16H26N2O/c1-3-16(12-17,13-19-2)18-10-8-14-6-4-5-7-15(14)9-11-18/h4-7H,3,8-13,17H2,1-2H3. The second-order valence-electron chi connectivity index (χ2n) is 5.47. The third kappa shape index (κ3) is 2.99. The van der Waals surface area contributed by atoms with Crippen LogP contribution in [0.5, 0.6) is 0 Å². The summed E-state index contributed by atoms with van der Waals surface area (Å²) in [7, 11) is 1.77. The molecule has 3 nitrogen and oxygen atoms in total. The summed E-state index contributed by atoms with van der Waals surface area (Å²) in [6.45, 7) is 5.74. The van der Waals surface area contributed by atoms with Crippen LogP contribution in [0.4, 0.5) is 0 Å². The van der Waals surface area contributed by atoms with Gasteiger partial charge in [-0.1, -0.05) is 31.2 Å². The topological polar surface area (TPSA) is 38.5 Å². The van der Waals surface area contributed by atoms with Crippen molar-refractivity contribution in [3.8, 4) is 0 Å². The first-order valence-corrected chi connectivity index (χ1v) is 7.26. The van der Waals surface area contributed by atoms with Crippen LogP contribution in [-0.2, 0) is 17.6 Å². The van der Waals surface area contributed by atoms with Gasteiger partial charge in [0.25, 0.3) is 0 Å². The molecule has 0 aliphatic carbocycles. The molecular weight excluding hydrogens is 236 g/mol. The molecule has 0 spiro atoms. The minimum Gasteiger partial charge on any atom is -0.383 e. The fourth-order valence-electron chi connectivity index (χ4n) is 3.16. The highest BCUT2D eigenvalue weighted by Crippen LogP contribution is 2.24. The van der Waals surface area contributed by atoms with Crippen molar-refractivity contribution in [1.82, 2.24) is 4.90 Å². The summed E-state index contributed by atoms with van der Waals surface area (Å²) in [4.78, 5) is 2.54. The summed E-state index contributed by atoms with van der Waals surface area (Å²) in [6, 6.07) is 8.79. The second kappa shape index (κ2) is 6.51. The number of hydrogen-bond acceptors (Lipinski definition) is 3. The Balaban J connectivity index is 2.15. The molecule has 1 atom stereocenters. The van der Waals surface area contributed by atoms with Gasteiger partial charge in [-0.25, -0.2) is 0 Å². The van der Waals surface area contributed by atoms with Crippen LogP contribution in [0.2, 0.25) is 0 Å². The first kappa shape index (κ1) is 14.5. The third-order valence-corrected chi connectivity index (χ3v) is 4.54. The van der Waals surface area contributed by atoms with E-state index < -0.39 is 0 Å². The summed E-state index contributed by atoms with van der Waals surface area (Å²) in [5, 5.41) is 0. The van der Waals surface area contributed by atoms with Crippen LogP contribution in [0.1, 0.15) is 24.5 Å². The number of fused-ring (bicyclic) bond motifs is 1. The normalized spacial score (nSPS) is 19.5. The molecule has 1 aromatic rings. The van der Waals surface area contributed by atoms with Crippen LogP contribution in [0.3, 0.4) is 0 Å². The van der Waals surface area contributed by atoms with Crippen LogP contribution in [-0.4, -0.2) is 43.8 Å². The van der Waals surface area contributed by atoms with Crippen LogP contribution in [0.25, 0.3) is 0 Å². The Morgan fingerprint density at radius 3 is 2.21 bits per heavy atom. The van der Waals surface area contributed by atoms with E-state index in [4.69, 9.17) is 10.5 Å². The van der Waals surface area contributed by atoms with Crippen molar-refractivity contribution in [2.24, 2.45) is 5.73 Å². The number of ether oxygens (including phenoxy) is 1. The zero-order valence-electron chi connectivity index (χ0n) is 12.2. The Morgan fingerprint density at radius 1 is 1.21 bits per heavy atom. The maximum Gasteiger partial charge on any atom is 0.0658 e. The Hall–Kier alpha value is -0.900. The van der Waals surface area contributed by atoms with Gasteiger partial charge in [-0.3, -0.25) is 4.90 Å². The molecule has 0 fully saturated rings. The van der Waals surface area contributed by atoms with Crippen molar-refractivity contribution in [1.29, 1.82) is 0 Å². The summed E-state index contributed by atoms with van der Waals surface area (Å²) < 4.78 is 5.44. The highest BCUT2D eigenvalue weighted by Gasteiger charge is 2.34. The summed E-state index contributed by atoms with van der Waals surface area (Å²) >= 11 is 0. The highest BCUT2D eigenvalue weighted by molar-refractivity contribution is 5.28. The van der Waals surface area contributed by atoms with Crippen molar-refractivity contribution >= 4 is 0 Å². The van der Waals surface area contributed by atoms with Crippen LogP contribution in [0.15, 0.2) is 24.3 Å². The van der Waals surface area contributed by atoms with Gasteiger partial charge in [-0.05, 0) is 30.4 Å². The molecule has 0 saturated carbocycles. The van der Waals surface area contributed by atoms with Gasteiger partial charge in [0, 0.05) is 26.7 Å². The van der Waals surface area contributed by atoms with E-state index in [1.54, 1.807) is 7.11 Å². The van der Waals surface area contributed by atoms with Gasteiger partial charge in [-0.2, -0.15) is 0 Å².